The predicted molar refractivity (Wildman–Crippen MR) is 179 cm³/mol. The van der Waals surface area contributed by atoms with E-state index in [0.29, 0.717) is 25.7 Å². The van der Waals surface area contributed by atoms with Gasteiger partial charge >= 0.3 is 0 Å². The number of aliphatic hydroxyl groups is 1. The van der Waals surface area contributed by atoms with Gasteiger partial charge in [-0.1, -0.05) is 10.1 Å². The first kappa shape index (κ1) is 39.2. The number of fused-ring (bicyclic) bond motifs is 1. The Balaban J connectivity index is 1.20. The summed E-state index contributed by atoms with van der Waals surface area (Å²) in [5.41, 5.74) is 12.2. The highest BCUT2D eigenvalue weighted by atomic mass is 32.2. The first-order valence-corrected chi connectivity index (χ1v) is 18.9. The van der Waals surface area contributed by atoms with Crippen molar-refractivity contribution in [3.05, 3.63) is 0 Å². The Bertz CT molecular complexity index is 1080. The summed E-state index contributed by atoms with van der Waals surface area (Å²) in [6.45, 7) is 0. The van der Waals surface area contributed by atoms with E-state index in [1.807, 2.05) is 0 Å². The molecule has 5 aliphatic rings. The van der Waals surface area contributed by atoms with Crippen molar-refractivity contribution in [3.8, 4) is 0 Å². The summed E-state index contributed by atoms with van der Waals surface area (Å²) in [6, 6.07) is -1.15. The van der Waals surface area contributed by atoms with Crippen LogP contribution in [0.5, 0.6) is 0 Å². The molecule has 1 saturated heterocycles. The molecule has 4 saturated carbocycles. The molecular formula is C29H53N9O9S2. The van der Waals surface area contributed by atoms with E-state index in [4.69, 9.17) is 51.1 Å². The molecule has 13 atom stereocenters. The van der Waals surface area contributed by atoms with Gasteiger partial charge in [0.25, 0.3) is 0 Å². The van der Waals surface area contributed by atoms with Crippen LogP contribution in [0.3, 0.4) is 0 Å². The maximum absolute atomic E-state index is 11.7. The Labute approximate surface area is 295 Å². The molecule has 0 spiro atoms. The second-order valence-corrected chi connectivity index (χ2v) is 15.8. The van der Waals surface area contributed by atoms with Crippen molar-refractivity contribution in [2.45, 2.75) is 154 Å². The monoisotopic (exact) mass is 735 g/mol. The van der Waals surface area contributed by atoms with E-state index in [2.05, 4.69) is 35.1 Å². The number of hydrogen-bond acceptors (Lipinski definition) is 20. The summed E-state index contributed by atoms with van der Waals surface area (Å²) in [5, 5.41) is 67.9. The third kappa shape index (κ3) is 10.8. The molecule has 0 aromatic heterocycles. The third-order valence-electron chi connectivity index (χ3n) is 10.9. The fourth-order valence-electron chi connectivity index (χ4n) is 8.08. The summed E-state index contributed by atoms with van der Waals surface area (Å²) >= 11 is 2.08. The molecule has 1 aliphatic heterocycles. The van der Waals surface area contributed by atoms with E-state index in [1.165, 1.54) is 0 Å². The first-order chi connectivity index (χ1) is 23.8. The maximum atomic E-state index is 11.7. The van der Waals surface area contributed by atoms with Crippen LogP contribution < -0.4 is 16.8 Å². The molecule has 0 bridgehead atoms. The molecular weight excluding hydrogens is 683 g/mol. The summed E-state index contributed by atoms with van der Waals surface area (Å²) in [4.78, 5) is 0. The van der Waals surface area contributed by atoms with Gasteiger partial charge < -0.3 is 26.0 Å². The van der Waals surface area contributed by atoms with Gasteiger partial charge in [0, 0.05) is 56.4 Å². The molecule has 0 radical (unpaired) electrons. The molecule has 20 heteroatoms. The number of azo groups is 3. The highest BCUT2D eigenvalue weighted by Crippen LogP contribution is 2.46. The lowest BCUT2D eigenvalue weighted by atomic mass is 9.66. The summed E-state index contributed by atoms with van der Waals surface area (Å²) in [6.07, 6.45) is 7.53. The van der Waals surface area contributed by atoms with Crippen LogP contribution in [0.1, 0.15) is 77.0 Å². The van der Waals surface area contributed by atoms with Crippen LogP contribution >= 0.6 is 24.1 Å². The average Bonchev–Trinajstić information content (AvgIpc) is 3.12. The van der Waals surface area contributed by atoms with Crippen molar-refractivity contribution >= 4 is 24.1 Å². The molecule has 0 aromatic carbocycles. The van der Waals surface area contributed by atoms with Crippen molar-refractivity contribution in [1.29, 1.82) is 0 Å². The van der Waals surface area contributed by atoms with Crippen LogP contribution in [-0.4, -0.2) is 107 Å². The number of ether oxygens (including phenoxy) is 2. The van der Waals surface area contributed by atoms with Crippen molar-refractivity contribution in [2.75, 3.05) is 14.2 Å². The second-order valence-electron chi connectivity index (χ2n) is 13.8. The molecule has 0 aromatic rings. The fourth-order valence-corrected chi connectivity index (χ4v) is 9.48. The van der Waals surface area contributed by atoms with E-state index in [-0.39, 0.29) is 77.1 Å². The summed E-state index contributed by atoms with van der Waals surface area (Å²) < 4.78 is 21.2. The Morgan fingerprint density at radius 1 is 0.653 bits per heavy atom. The maximum Gasteiger partial charge on any atom is 0.111 e. The Hall–Kier alpha value is -0.980. The standard InChI is InChI=1S/C29H53N9O9S2/c1-42-23-14-22(24(43-2)13-21(23)36-33-16-5-7-18(8-6-16)48-46-44-40)37-38-27-25(49-47-45-41)11-15-3-4-17(12-19(15)28(27)39)34-35-20-9-10-26(30)32-29(20)31/h15-29,32,39-41H,3-14,30-31H2,1-2H3. The minimum atomic E-state index is -0.808. The van der Waals surface area contributed by atoms with E-state index >= 15 is 0 Å². The number of rotatable bonds is 14. The minimum Gasteiger partial charge on any atom is -0.390 e. The van der Waals surface area contributed by atoms with Crippen molar-refractivity contribution in [3.63, 3.8) is 0 Å². The summed E-state index contributed by atoms with van der Waals surface area (Å²) in [5.74, 6) is 0.178. The quantitative estimate of drug-likeness (QED) is 0.0639. The molecule has 5 rings (SSSR count). The van der Waals surface area contributed by atoms with Crippen LogP contribution in [-0.2, 0) is 28.2 Å². The van der Waals surface area contributed by atoms with Gasteiger partial charge in [-0.15, -0.1) is 8.67 Å². The zero-order chi connectivity index (χ0) is 34.8. The van der Waals surface area contributed by atoms with Crippen LogP contribution in [0.2, 0.25) is 0 Å². The highest BCUT2D eigenvalue weighted by Gasteiger charge is 2.48. The number of nitrogens with zero attached hydrogens (tertiary/aromatic N) is 6. The van der Waals surface area contributed by atoms with Gasteiger partial charge in [-0.25, -0.2) is 10.5 Å². The number of methoxy groups -OCH3 is 2. The Morgan fingerprint density at radius 2 is 1.27 bits per heavy atom. The molecule has 0 amide bonds. The number of piperidine rings is 1. The van der Waals surface area contributed by atoms with E-state index in [1.54, 1.807) is 14.2 Å². The number of nitrogens with two attached hydrogens (primary N) is 2. The zero-order valence-corrected chi connectivity index (χ0v) is 29.7. The van der Waals surface area contributed by atoms with Gasteiger partial charge in [0.05, 0.1) is 66.1 Å². The lowest BCUT2D eigenvalue weighted by Gasteiger charge is -2.46. The topological polar surface area (TPSA) is 254 Å². The molecule has 280 valence electrons. The van der Waals surface area contributed by atoms with E-state index in [0.717, 1.165) is 75.5 Å². The van der Waals surface area contributed by atoms with Gasteiger partial charge in [0.2, 0.25) is 0 Å². The highest BCUT2D eigenvalue weighted by molar-refractivity contribution is 7.95. The zero-order valence-electron chi connectivity index (χ0n) is 28.1. The molecule has 4 aliphatic carbocycles. The van der Waals surface area contributed by atoms with Crippen LogP contribution in [0.4, 0.5) is 0 Å². The Morgan fingerprint density at radius 3 is 1.92 bits per heavy atom. The van der Waals surface area contributed by atoms with Gasteiger partial charge in [-0.3, -0.25) is 5.32 Å². The third-order valence-corrected chi connectivity index (χ3v) is 12.6. The normalized spacial score (nSPS) is 43.8. The van der Waals surface area contributed by atoms with Crippen molar-refractivity contribution < 1.29 is 43.8 Å². The molecule has 18 nitrogen and oxygen atoms in total. The lowest BCUT2D eigenvalue weighted by Crippen LogP contribution is -2.57. The van der Waals surface area contributed by atoms with Gasteiger partial charge in [-0.2, -0.15) is 30.7 Å². The van der Waals surface area contributed by atoms with E-state index < -0.39 is 12.1 Å². The number of aliphatic hydroxyl groups excluding tert-OH is 1. The fraction of sp³-hybridized carbons (Fsp3) is 1.00. The molecule has 8 N–H and O–H groups in total. The molecule has 49 heavy (non-hydrogen) atoms. The summed E-state index contributed by atoms with van der Waals surface area (Å²) in [7, 11) is 3.31. The SMILES string of the molecule is COC1CC(N=NC2C(SOOO)CC3CCC(N=NC4CCC(N)NC4N)CC3C2O)C(OC)CC1N=NC1CCC(SOOO)CC1. The first-order valence-electron chi connectivity index (χ1n) is 17.3. The van der Waals surface area contributed by atoms with Gasteiger partial charge in [-0.05, 0) is 76.0 Å². The molecule has 5 fully saturated rings. The van der Waals surface area contributed by atoms with Crippen LogP contribution in [0.15, 0.2) is 30.7 Å². The van der Waals surface area contributed by atoms with Crippen molar-refractivity contribution in [1.82, 2.24) is 5.32 Å². The minimum absolute atomic E-state index is 0.0221. The number of nitrogens with one attached hydrogen (secondary N) is 1. The molecule has 1 heterocycles. The van der Waals surface area contributed by atoms with E-state index in [9.17, 15) is 5.11 Å². The van der Waals surface area contributed by atoms with Gasteiger partial charge in [0.1, 0.15) is 6.04 Å². The largest absolute Gasteiger partial charge is 0.390 e. The second kappa shape index (κ2) is 19.7. The number of hydrogen-bond donors (Lipinski definition) is 6. The Kier molecular flexibility index (Phi) is 15.8. The predicted octanol–water partition coefficient (Wildman–Crippen LogP) is 3.96. The van der Waals surface area contributed by atoms with Crippen LogP contribution in [0, 0.1) is 11.8 Å². The molecule has 13 unspecified atom stereocenters. The van der Waals surface area contributed by atoms with Crippen LogP contribution in [0.25, 0.3) is 0 Å². The van der Waals surface area contributed by atoms with Crippen molar-refractivity contribution in [2.24, 2.45) is 54.0 Å². The smallest absolute Gasteiger partial charge is 0.111 e. The average molecular weight is 736 g/mol. The van der Waals surface area contributed by atoms with Gasteiger partial charge in [0.15, 0.2) is 0 Å². The lowest BCUT2D eigenvalue weighted by molar-refractivity contribution is -0.432.